The standard InChI is InChI=1S/C21H32N6O/c1-4-20-25-24-16-27(20)11-10-22-21(23-13-18-9-12-28-15-18)26(3)14-19-8-6-5-7-17(19)2/h5-8,16,18H,4,9-15H2,1-3H3,(H,22,23). The van der Waals surface area contributed by atoms with Crippen molar-refractivity contribution >= 4 is 5.96 Å². The minimum absolute atomic E-state index is 0.521. The summed E-state index contributed by atoms with van der Waals surface area (Å²) in [5, 5.41) is 11.7. The number of hydrogen-bond donors (Lipinski definition) is 1. The van der Waals surface area contributed by atoms with Crippen LogP contribution in [0.1, 0.15) is 30.3 Å². The molecule has 1 aliphatic heterocycles. The molecule has 1 N–H and O–H groups in total. The summed E-state index contributed by atoms with van der Waals surface area (Å²) in [5.74, 6) is 2.46. The molecule has 1 fully saturated rings. The number of nitrogens with one attached hydrogen (secondary N) is 1. The fourth-order valence-electron chi connectivity index (χ4n) is 3.40. The van der Waals surface area contributed by atoms with Crippen LogP contribution in [0.25, 0.3) is 0 Å². The Morgan fingerprint density at radius 1 is 1.39 bits per heavy atom. The highest BCUT2D eigenvalue weighted by Gasteiger charge is 2.16. The summed E-state index contributed by atoms with van der Waals surface area (Å²) >= 11 is 0. The first-order valence-corrected chi connectivity index (χ1v) is 10.2. The van der Waals surface area contributed by atoms with Crippen LogP contribution in [0.5, 0.6) is 0 Å². The van der Waals surface area contributed by atoms with Crippen LogP contribution < -0.4 is 5.32 Å². The normalized spacial score (nSPS) is 17.1. The van der Waals surface area contributed by atoms with Crippen LogP contribution in [0.15, 0.2) is 35.6 Å². The van der Waals surface area contributed by atoms with Gasteiger partial charge in [0.15, 0.2) is 5.96 Å². The van der Waals surface area contributed by atoms with Crippen molar-refractivity contribution in [2.24, 2.45) is 10.9 Å². The van der Waals surface area contributed by atoms with Gasteiger partial charge < -0.3 is 19.5 Å². The second-order valence-corrected chi connectivity index (χ2v) is 7.40. The van der Waals surface area contributed by atoms with Gasteiger partial charge in [0.2, 0.25) is 0 Å². The maximum absolute atomic E-state index is 5.50. The summed E-state index contributed by atoms with van der Waals surface area (Å²) < 4.78 is 7.59. The molecule has 0 radical (unpaired) electrons. The summed E-state index contributed by atoms with van der Waals surface area (Å²) in [5.41, 5.74) is 2.62. The zero-order chi connectivity index (χ0) is 19.8. The minimum Gasteiger partial charge on any atom is -0.381 e. The molecule has 1 aromatic carbocycles. The molecule has 152 valence electrons. The van der Waals surface area contributed by atoms with Gasteiger partial charge >= 0.3 is 0 Å². The van der Waals surface area contributed by atoms with Crippen molar-refractivity contribution in [3.63, 3.8) is 0 Å². The van der Waals surface area contributed by atoms with Gasteiger partial charge in [0.1, 0.15) is 12.2 Å². The highest BCUT2D eigenvalue weighted by Crippen LogP contribution is 2.13. The molecule has 1 unspecified atom stereocenters. The van der Waals surface area contributed by atoms with Crippen LogP contribution in [-0.4, -0.2) is 59.0 Å². The van der Waals surface area contributed by atoms with E-state index in [1.54, 1.807) is 6.33 Å². The number of ether oxygens (including phenoxy) is 1. The third kappa shape index (κ3) is 5.55. The van der Waals surface area contributed by atoms with Crippen molar-refractivity contribution in [1.82, 2.24) is 25.0 Å². The Kier molecular flexibility index (Phi) is 7.42. The molecule has 0 bridgehead atoms. The Labute approximate surface area is 167 Å². The first-order chi connectivity index (χ1) is 13.7. The van der Waals surface area contributed by atoms with Gasteiger partial charge in [-0.1, -0.05) is 31.2 Å². The Balaban J connectivity index is 1.63. The van der Waals surface area contributed by atoms with Gasteiger partial charge in [-0.3, -0.25) is 4.99 Å². The quantitative estimate of drug-likeness (QED) is 0.559. The highest BCUT2D eigenvalue weighted by atomic mass is 16.5. The van der Waals surface area contributed by atoms with Gasteiger partial charge in [-0.05, 0) is 24.5 Å². The molecule has 0 saturated carbocycles. The maximum Gasteiger partial charge on any atom is 0.194 e. The van der Waals surface area contributed by atoms with E-state index in [9.17, 15) is 0 Å². The van der Waals surface area contributed by atoms with Crippen LogP contribution >= 0.6 is 0 Å². The van der Waals surface area contributed by atoms with Gasteiger partial charge in [0.25, 0.3) is 0 Å². The third-order valence-electron chi connectivity index (χ3n) is 5.20. The molecule has 2 heterocycles. The van der Waals surface area contributed by atoms with Crippen molar-refractivity contribution in [1.29, 1.82) is 0 Å². The number of guanidine groups is 1. The van der Waals surface area contributed by atoms with Crippen molar-refractivity contribution in [2.75, 3.05) is 33.4 Å². The summed E-state index contributed by atoms with van der Waals surface area (Å²) in [6, 6.07) is 8.51. The molecule has 1 atom stereocenters. The second kappa shape index (κ2) is 10.2. The fraction of sp³-hybridized carbons (Fsp3) is 0.571. The molecule has 0 amide bonds. The zero-order valence-electron chi connectivity index (χ0n) is 17.3. The van der Waals surface area contributed by atoms with E-state index in [2.05, 4.69) is 70.1 Å². The lowest BCUT2D eigenvalue weighted by molar-refractivity contribution is 0.187. The third-order valence-corrected chi connectivity index (χ3v) is 5.20. The Morgan fingerprint density at radius 3 is 3.00 bits per heavy atom. The summed E-state index contributed by atoms with van der Waals surface area (Å²) in [6.07, 6.45) is 3.78. The average Bonchev–Trinajstić information content (AvgIpc) is 3.37. The van der Waals surface area contributed by atoms with E-state index in [1.807, 2.05) is 0 Å². The summed E-state index contributed by atoms with van der Waals surface area (Å²) in [6.45, 7) is 9.15. The number of aromatic nitrogens is 3. The first kappa shape index (κ1) is 20.3. The highest BCUT2D eigenvalue weighted by molar-refractivity contribution is 5.79. The molecule has 7 nitrogen and oxygen atoms in total. The van der Waals surface area contributed by atoms with Gasteiger partial charge in [0, 0.05) is 52.2 Å². The first-order valence-electron chi connectivity index (χ1n) is 10.2. The number of nitrogens with zero attached hydrogens (tertiary/aromatic N) is 5. The molecule has 2 aromatic rings. The van der Waals surface area contributed by atoms with Crippen molar-refractivity contribution in [2.45, 2.75) is 39.8 Å². The van der Waals surface area contributed by atoms with Crippen LogP contribution in [0, 0.1) is 12.8 Å². The van der Waals surface area contributed by atoms with Crippen LogP contribution in [0.2, 0.25) is 0 Å². The SMILES string of the molecule is CCc1nncn1CCNC(=NCC1CCOC1)N(C)Cc1ccccc1C. The van der Waals surface area contributed by atoms with E-state index in [4.69, 9.17) is 9.73 Å². The van der Waals surface area contributed by atoms with Gasteiger partial charge in [0.05, 0.1) is 6.61 Å². The van der Waals surface area contributed by atoms with Crippen LogP contribution in [0.4, 0.5) is 0 Å². The Morgan fingerprint density at radius 2 is 2.25 bits per heavy atom. The summed E-state index contributed by atoms with van der Waals surface area (Å²) in [7, 11) is 2.10. The topological polar surface area (TPSA) is 67.6 Å². The fourth-order valence-corrected chi connectivity index (χ4v) is 3.40. The summed E-state index contributed by atoms with van der Waals surface area (Å²) in [4.78, 5) is 7.10. The molecule has 3 rings (SSSR count). The maximum atomic E-state index is 5.50. The predicted molar refractivity (Wildman–Crippen MR) is 111 cm³/mol. The molecule has 0 spiro atoms. The number of aryl methyl sites for hydroxylation is 2. The van der Waals surface area contributed by atoms with E-state index < -0.39 is 0 Å². The molecule has 1 aromatic heterocycles. The number of benzene rings is 1. The lowest BCUT2D eigenvalue weighted by Gasteiger charge is -2.24. The molecule has 7 heteroatoms. The molecule has 28 heavy (non-hydrogen) atoms. The predicted octanol–water partition coefficient (Wildman–Crippen LogP) is 2.26. The van der Waals surface area contributed by atoms with E-state index in [1.165, 1.54) is 11.1 Å². The number of aliphatic imine (C=N–C) groups is 1. The van der Waals surface area contributed by atoms with Crippen molar-refractivity contribution in [3.05, 3.63) is 47.5 Å². The van der Waals surface area contributed by atoms with E-state index in [0.29, 0.717) is 5.92 Å². The lowest BCUT2D eigenvalue weighted by Crippen LogP contribution is -2.40. The van der Waals surface area contributed by atoms with Crippen LogP contribution in [0.3, 0.4) is 0 Å². The van der Waals surface area contributed by atoms with E-state index in [0.717, 1.165) is 64.0 Å². The molecule has 1 saturated heterocycles. The number of hydrogen-bond acceptors (Lipinski definition) is 4. The lowest BCUT2D eigenvalue weighted by atomic mass is 10.1. The Bertz CT molecular complexity index is 766. The molecule has 1 aliphatic rings. The minimum atomic E-state index is 0.521. The molecular formula is C21H32N6O. The van der Waals surface area contributed by atoms with Gasteiger partial charge in [-0.2, -0.15) is 0 Å². The molecule has 0 aliphatic carbocycles. The molecular weight excluding hydrogens is 352 g/mol. The van der Waals surface area contributed by atoms with Crippen molar-refractivity contribution < 1.29 is 4.74 Å². The zero-order valence-corrected chi connectivity index (χ0v) is 17.3. The van der Waals surface area contributed by atoms with Crippen molar-refractivity contribution in [3.8, 4) is 0 Å². The Hall–Kier alpha value is -2.41. The second-order valence-electron chi connectivity index (χ2n) is 7.40. The average molecular weight is 385 g/mol. The smallest absolute Gasteiger partial charge is 0.194 e. The largest absolute Gasteiger partial charge is 0.381 e. The van der Waals surface area contributed by atoms with Gasteiger partial charge in [-0.15, -0.1) is 10.2 Å². The van der Waals surface area contributed by atoms with E-state index in [-0.39, 0.29) is 0 Å². The number of rotatable bonds is 8. The monoisotopic (exact) mass is 384 g/mol. The van der Waals surface area contributed by atoms with E-state index >= 15 is 0 Å². The van der Waals surface area contributed by atoms with Crippen LogP contribution in [-0.2, 0) is 24.2 Å². The van der Waals surface area contributed by atoms with Gasteiger partial charge in [-0.25, -0.2) is 0 Å².